The van der Waals surface area contributed by atoms with Crippen molar-refractivity contribution in [2.24, 2.45) is 7.05 Å². The molecule has 3 heterocycles. The predicted octanol–water partition coefficient (Wildman–Crippen LogP) is 3.28. The second-order valence-electron chi connectivity index (χ2n) is 8.09. The lowest BCUT2D eigenvalue weighted by Gasteiger charge is -2.40. The Labute approximate surface area is 160 Å². The minimum absolute atomic E-state index is 0.294. The van der Waals surface area contributed by atoms with Crippen molar-refractivity contribution in [1.29, 1.82) is 0 Å². The van der Waals surface area contributed by atoms with E-state index >= 15 is 0 Å². The molecular weight excluding hydrogens is 334 g/mol. The van der Waals surface area contributed by atoms with Crippen LogP contribution in [0.5, 0.6) is 0 Å². The third-order valence-electron chi connectivity index (χ3n) is 6.46. The molecular formula is C22H25N5. The van der Waals surface area contributed by atoms with Gasteiger partial charge in [-0.2, -0.15) is 5.10 Å². The van der Waals surface area contributed by atoms with E-state index in [1.54, 1.807) is 11.9 Å². The quantitative estimate of drug-likeness (QED) is 0.720. The highest BCUT2D eigenvalue weighted by molar-refractivity contribution is 5.47. The second kappa shape index (κ2) is 6.57. The van der Waals surface area contributed by atoms with Crippen molar-refractivity contribution in [2.45, 2.75) is 37.1 Å². The van der Waals surface area contributed by atoms with Crippen LogP contribution in [0.25, 0.3) is 0 Å². The first-order chi connectivity index (χ1) is 13.2. The summed E-state index contributed by atoms with van der Waals surface area (Å²) in [7, 11) is 1.98. The predicted molar refractivity (Wildman–Crippen MR) is 104 cm³/mol. The number of aryl methyl sites for hydroxylation is 1. The summed E-state index contributed by atoms with van der Waals surface area (Å²) in [6, 6.07) is 9.04. The molecule has 0 N–H and O–H groups in total. The standard InChI is InChI=1S/C22H25N5/c1-26-14-17(11-25-26)15-27-8-6-22(7-9-27)10-20(18-12-23-16-24-13-18)19-4-2-3-5-21(19)22/h2-5,11-14,16,20H,6-10,15H2,1H3. The molecule has 1 unspecified atom stereocenters. The fourth-order valence-corrected chi connectivity index (χ4v) is 5.11. The molecule has 27 heavy (non-hydrogen) atoms. The number of piperidine rings is 1. The van der Waals surface area contributed by atoms with Crippen LogP contribution in [0.4, 0.5) is 0 Å². The molecule has 1 aromatic carbocycles. The number of hydrogen-bond acceptors (Lipinski definition) is 4. The minimum atomic E-state index is 0.294. The van der Waals surface area contributed by atoms with E-state index in [-0.39, 0.29) is 0 Å². The van der Waals surface area contributed by atoms with Crippen molar-refractivity contribution in [3.63, 3.8) is 0 Å². The Morgan fingerprint density at radius 1 is 1.07 bits per heavy atom. The molecule has 0 radical (unpaired) electrons. The van der Waals surface area contributed by atoms with Gasteiger partial charge in [-0.05, 0) is 54.5 Å². The summed E-state index contributed by atoms with van der Waals surface area (Å²) in [4.78, 5) is 11.1. The van der Waals surface area contributed by atoms with Crippen LogP contribution in [0.3, 0.4) is 0 Å². The van der Waals surface area contributed by atoms with Crippen LogP contribution in [-0.2, 0) is 19.0 Å². The molecule has 2 aliphatic rings. The topological polar surface area (TPSA) is 46.8 Å². The number of fused-ring (bicyclic) bond motifs is 2. The van der Waals surface area contributed by atoms with Crippen molar-refractivity contribution in [3.05, 3.63) is 77.6 Å². The van der Waals surface area contributed by atoms with Gasteiger partial charge in [0.25, 0.3) is 0 Å². The number of aromatic nitrogens is 4. The molecule has 1 aliphatic heterocycles. The van der Waals surface area contributed by atoms with Crippen LogP contribution >= 0.6 is 0 Å². The molecule has 1 atom stereocenters. The lowest BCUT2D eigenvalue weighted by atomic mass is 9.73. The minimum Gasteiger partial charge on any atom is -0.299 e. The van der Waals surface area contributed by atoms with Gasteiger partial charge in [-0.3, -0.25) is 9.58 Å². The van der Waals surface area contributed by atoms with Gasteiger partial charge in [0.15, 0.2) is 0 Å². The third-order valence-corrected chi connectivity index (χ3v) is 6.46. The lowest BCUT2D eigenvalue weighted by molar-refractivity contribution is 0.150. The maximum atomic E-state index is 4.30. The van der Waals surface area contributed by atoms with Gasteiger partial charge in [0.05, 0.1) is 6.20 Å². The average molecular weight is 359 g/mol. The van der Waals surface area contributed by atoms with Crippen LogP contribution in [0.15, 0.2) is 55.4 Å². The smallest absolute Gasteiger partial charge is 0.115 e. The maximum Gasteiger partial charge on any atom is 0.115 e. The molecule has 0 amide bonds. The number of hydrogen-bond donors (Lipinski definition) is 0. The summed E-state index contributed by atoms with van der Waals surface area (Å²) in [5, 5.41) is 4.30. The van der Waals surface area contributed by atoms with E-state index in [4.69, 9.17) is 0 Å². The molecule has 0 bridgehead atoms. The Balaban J connectivity index is 1.38. The Kier molecular flexibility index (Phi) is 4.05. The monoisotopic (exact) mass is 359 g/mol. The molecule has 0 saturated carbocycles. The van der Waals surface area contributed by atoms with Crippen LogP contribution in [0, 0.1) is 0 Å². The van der Waals surface area contributed by atoms with Gasteiger partial charge in [-0.1, -0.05) is 24.3 Å². The van der Waals surface area contributed by atoms with E-state index in [1.165, 1.54) is 36.0 Å². The molecule has 138 valence electrons. The summed E-state index contributed by atoms with van der Waals surface area (Å²) < 4.78 is 1.89. The highest BCUT2D eigenvalue weighted by Gasteiger charge is 2.45. The van der Waals surface area contributed by atoms with Gasteiger partial charge in [0.2, 0.25) is 0 Å². The molecule has 1 spiro atoms. The van der Waals surface area contributed by atoms with Crippen LogP contribution in [-0.4, -0.2) is 37.7 Å². The summed E-state index contributed by atoms with van der Waals surface area (Å²) in [5.41, 5.74) is 5.88. The van der Waals surface area contributed by atoms with Crippen molar-refractivity contribution in [1.82, 2.24) is 24.6 Å². The Hall–Kier alpha value is -2.53. The van der Waals surface area contributed by atoms with Gasteiger partial charge in [0.1, 0.15) is 6.33 Å². The first-order valence-electron chi connectivity index (χ1n) is 9.78. The highest BCUT2D eigenvalue weighted by Crippen LogP contribution is 2.53. The van der Waals surface area contributed by atoms with Crippen LogP contribution in [0.2, 0.25) is 0 Å². The van der Waals surface area contributed by atoms with Crippen molar-refractivity contribution < 1.29 is 0 Å². The Bertz CT molecular complexity index is 925. The fraction of sp³-hybridized carbons (Fsp3) is 0.409. The summed E-state index contributed by atoms with van der Waals surface area (Å²) in [5.74, 6) is 0.423. The van der Waals surface area contributed by atoms with Gasteiger partial charge in [-0.15, -0.1) is 0 Å². The van der Waals surface area contributed by atoms with Gasteiger partial charge >= 0.3 is 0 Å². The first kappa shape index (κ1) is 16.6. The second-order valence-corrected chi connectivity index (χ2v) is 8.09. The highest BCUT2D eigenvalue weighted by atomic mass is 15.2. The van der Waals surface area contributed by atoms with Gasteiger partial charge in [0, 0.05) is 43.7 Å². The Morgan fingerprint density at radius 3 is 2.59 bits per heavy atom. The molecule has 5 rings (SSSR count). The van der Waals surface area contributed by atoms with Gasteiger partial charge < -0.3 is 0 Å². The molecule has 5 heteroatoms. The van der Waals surface area contributed by atoms with E-state index in [1.807, 2.05) is 30.3 Å². The normalized spacial score (nSPS) is 21.4. The third kappa shape index (κ3) is 2.96. The summed E-state index contributed by atoms with van der Waals surface area (Å²) >= 11 is 0. The van der Waals surface area contributed by atoms with Crippen molar-refractivity contribution in [3.8, 4) is 0 Å². The summed E-state index contributed by atoms with van der Waals surface area (Å²) in [6.45, 7) is 3.28. The fourth-order valence-electron chi connectivity index (χ4n) is 5.11. The number of likely N-dealkylation sites (tertiary alicyclic amines) is 1. The molecule has 3 aromatic rings. The molecule has 1 aliphatic carbocycles. The molecule has 5 nitrogen and oxygen atoms in total. The average Bonchev–Trinajstić information content (AvgIpc) is 3.26. The largest absolute Gasteiger partial charge is 0.299 e. The SMILES string of the molecule is Cn1cc(CN2CCC3(CC2)CC(c2cncnc2)c2ccccc23)cn1. The van der Waals surface area contributed by atoms with Crippen LogP contribution in [0.1, 0.15) is 47.4 Å². The number of benzene rings is 1. The van der Waals surface area contributed by atoms with E-state index in [0.29, 0.717) is 11.3 Å². The number of rotatable bonds is 3. The van der Waals surface area contributed by atoms with E-state index in [2.05, 4.69) is 50.4 Å². The molecule has 1 fully saturated rings. The zero-order chi connectivity index (χ0) is 18.3. The summed E-state index contributed by atoms with van der Waals surface area (Å²) in [6.07, 6.45) is 13.3. The molecule has 2 aromatic heterocycles. The number of nitrogens with zero attached hydrogens (tertiary/aromatic N) is 5. The van der Waals surface area contributed by atoms with Crippen molar-refractivity contribution in [2.75, 3.05) is 13.1 Å². The van der Waals surface area contributed by atoms with E-state index < -0.39 is 0 Å². The van der Waals surface area contributed by atoms with Crippen LogP contribution < -0.4 is 0 Å². The van der Waals surface area contributed by atoms with Crippen molar-refractivity contribution >= 4 is 0 Å². The lowest BCUT2D eigenvalue weighted by Crippen LogP contribution is -2.41. The Morgan fingerprint density at radius 2 is 1.85 bits per heavy atom. The zero-order valence-corrected chi connectivity index (χ0v) is 15.8. The molecule has 1 saturated heterocycles. The van der Waals surface area contributed by atoms with E-state index in [9.17, 15) is 0 Å². The van der Waals surface area contributed by atoms with E-state index in [0.717, 1.165) is 19.6 Å². The van der Waals surface area contributed by atoms with Gasteiger partial charge in [-0.25, -0.2) is 9.97 Å². The first-order valence-corrected chi connectivity index (χ1v) is 9.78. The zero-order valence-electron chi connectivity index (χ0n) is 15.8. The maximum absolute atomic E-state index is 4.30.